The van der Waals surface area contributed by atoms with E-state index in [0.717, 1.165) is 48.7 Å². The number of hydrogen-bond acceptors (Lipinski definition) is 1. The van der Waals surface area contributed by atoms with Gasteiger partial charge in [-0.3, -0.25) is 4.99 Å². The average Bonchev–Trinajstić information content (AvgIpc) is 3.18. The van der Waals surface area contributed by atoms with Gasteiger partial charge in [0.2, 0.25) is 0 Å². The lowest BCUT2D eigenvalue weighted by molar-refractivity contribution is 0.630. The van der Waals surface area contributed by atoms with Gasteiger partial charge < -0.3 is 4.98 Å². The van der Waals surface area contributed by atoms with Crippen LogP contribution in [0.5, 0.6) is 0 Å². The largest absolute Gasteiger partial charge is 0.358 e. The quantitative estimate of drug-likeness (QED) is 0.218. The lowest BCUT2D eigenvalue weighted by Gasteiger charge is -2.14. The third-order valence-electron chi connectivity index (χ3n) is 6.19. The summed E-state index contributed by atoms with van der Waals surface area (Å²) in [5.74, 6) is -0.487. The molecule has 0 amide bonds. The highest BCUT2D eigenvalue weighted by Gasteiger charge is 2.19. The first-order valence-electron chi connectivity index (χ1n) is 12.7. The summed E-state index contributed by atoms with van der Waals surface area (Å²) in [6.07, 6.45) is 6.39. The first-order valence-corrected chi connectivity index (χ1v) is 13.1. The van der Waals surface area contributed by atoms with Gasteiger partial charge in [0.05, 0.1) is 11.2 Å². The number of aromatic nitrogens is 1. The lowest BCUT2D eigenvalue weighted by atomic mass is 9.92. The number of fused-ring (bicyclic) bond motifs is 1. The maximum absolute atomic E-state index is 13.9. The number of aromatic amines is 1. The van der Waals surface area contributed by atoms with E-state index < -0.39 is 0 Å². The second-order valence-corrected chi connectivity index (χ2v) is 9.84. The maximum Gasteiger partial charge on any atom is 0.143 e. The number of aryl methyl sites for hydroxylation is 2. The van der Waals surface area contributed by atoms with Crippen LogP contribution in [0.4, 0.5) is 8.78 Å². The van der Waals surface area contributed by atoms with Gasteiger partial charge in [0, 0.05) is 28.2 Å². The summed E-state index contributed by atoms with van der Waals surface area (Å²) in [5.41, 5.74) is 7.15. The standard InChI is InChI=1S/C21H23ClFN.C10H16FN/c1-4-5-6-16-17-11-18(22)19(23)12-20(17)24-21(16)14(3)15-9-7-13(2)8-10-15;1-5-6-9(4)12-7-10(11)8(2)3/h7-12,14,24H,4-6H2,1-3H3;7H,2,5-6H2,1,3-4H3/b;10-7+,12-9?. The lowest BCUT2D eigenvalue weighted by Crippen LogP contribution is -2.01. The third-order valence-corrected chi connectivity index (χ3v) is 6.48. The highest BCUT2D eigenvalue weighted by atomic mass is 35.5. The van der Waals surface area contributed by atoms with E-state index in [4.69, 9.17) is 11.6 Å². The van der Waals surface area contributed by atoms with E-state index in [2.05, 4.69) is 68.5 Å². The number of unbranched alkanes of at least 4 members (excludes halogenated alkanes) is 1. The fraction of sp³-hybridized carbons (Fsp3) is 0.387. The van der Waals surface area contributed by atoms with E-state index in [-0.39, 0.29) is 22.6 Å². The minimum atomic E-state index is -0.373. The summed E-state index contributed by atoms with van der Waals surface area (Å²) in [6.45, 7) is 15.5. The van der Waals surface area contributed by atoms with E-state index in [9.17, 15) is 8.78 Å². The predicted octanol–water partition coefficient (Wildman–Crippen LogP) is 10.4. The molecule has 0 aliphatic carbocycles. The van der Waals surface area contributed by atoms with Crippen molar-refractivity contribution in [3.63, 3.8) is 0 Å². The molecule has 0 radical (unpaired) electrons. The van der Waals surface area contributed by atoms with Crippen LogP contribution < -0.4 is 0 Å². The summed E-state index contributed by atoms with van der Waals surface area (Å²) >= 11 is 6.03. The molecule has 5 heteroatoms. The number of allylic oxidation sites excluding steroid dienone is 2. The van der Waals surface area contributed by atoms with Crippen molar-refractivity contribution >= 4 is 28.2 Å². The first-order chi connectivity index (χ1) is 17.1. The molecule has 0 aliphatic rings. The van der Waals surface area contributed by atoms with Crippen molar-refractivity contribution in [3.05, 3.63) is 93.8 Å². The van der Waals surface area contributed by atoms with Crippen LogP contribution in [0.3, 0.4) is 0 Å². The monoisotopic (exact) mass is 512 g/mol. The van der Waals surface area contributed by atoms with Gasteiger partial charge in [0.25, 0.3) is 0 Å². The second-order valence-electron chi connectivity index (χ2n) is 9.44. The molecule has 2 aromatic carbocycles. The van der Waals surface area contributed by atoms with E-state index in [0.29, 0.717) is 5.57 Å². The Bertz CT molecular complexity index is 1220. The van der Waals surface area contributed by atoms with Crippen LogP contribution in [-0.4, -0.2) is 10.7 Å². The number of H-pyrrole nitrogens is 1. The Morgan fingerprint density at radius 2 is 1.81 bits per heavy atom. The SMILES string of the molecule is C=C(C)/C(F)=C\N=C(C)CCC.CCCCc1c(C(C)c2ccc(C)cc2)[nH]c2cc(F)c(Cl)cc12. The van der Waals surface area contributed by atoms with Crippen LogP contribution in [0.15, 0.2) is 65.6 Å². The summed E-state index contributed by atoms with van der Waals surface area (Å²) < 4.78 is 26.6. The molecule has 36 heavy (non-hydrogen) atoms. The average molecular weight is 513 g/mol. The Morgan fingerprint density at radius 1 is 1.14 bits per heavy atom. The molecule has 0 saturated carbocycles. The van der Waals surface area contributed by atoms with Gasteiger partial charge in [-0.2, -0.15) is 0 Å². The Morgan fingerprint density at radius 3 is 2.39 bits per heavy atom. The molecule has 1 aromatic heterocycles. The van der Waals surface area contributed by atoms with Crippen LogP contribution >= 0.6 is 11.6 Å². The van der Waals surface area contributed by atoms with Crippen LogP contribution in [0.1, 0.15) is 88.6 Å². The molecule has 1 heterocycles. The molecule has 0 bridgehead atoms. The number of halogens is 3. The number of rotatable bonds is 9. The van der Waals surface area contributed by atoms with Crippen LogP contribution in [0, 0.1) is 12.7 Å². The van der Waals surface area contributed by atoms with E-state index in [1.54, 1.807) is 13.0 Å². The van der Waals surface area contributed by atoms with Crippen LogP contribution in [0.2, 0.25) is 5.02 Å². The van der Waals surface area contributed by atoms with Crippen molar-refractivity contribution in [2.24, 2.45) is 4.99 Å². The minimum absolute atomic E-state index is 0.189. The van der Waals surface area contributed by atoms with Crippen molar-refractivity contribution in [1.82, 2.24) is 4.98 Å². The molecule has 1 N–H and O–H groups in total. The zero-order valence-corrected chi connectivity index (χ0v) is 23.2. The molecule has 0 fully saturated rings. The zero-order valence-electron chi connectivity index (χ0n) is 22.4. The van der Waals surface area contributed by atoms with Crippen molar-refractivity contribution in [2.45, 2.75) is 79.6 Å². The van der Waals surface area contributed by atoms with Crippen molar-refractivity contribution in [3.8, 4) is 0 Å². The summed E-state index contributed by atoms with van der Waals surface area (Å²) in [5, 5.41) is 1.23. The van der Waals surface area contributed by atoms with Crippen LogP contribution in [-0.2, 0) is 6.42 Å². The highest BCUT2D eigenvalue weighted by Crippen LogP contribution is 2.35. The van der Waals surface area contributed by atoms with Crippen molar-refractivity contribution in [2.75, 3.05) is 0 Å². The molecular formula is C31H39ClF2N2. The minimum Gasteiger partial charge on any atom is -0.358 e. The van der Waals surface area contributed by atoms with E-state index in [1.807, 2.05) is 6.92 Å². The Hall–Kier alpha value is -2.72. The van der Waals surface area contributed by atoms with Crippen molar-refractivity contribution in [1.29, 1.82) is 0 Å². The molecule has 0 spiro atoms. The van der Waals surface area contributed by atoms with E-state index in [1.165, 1.54) is 34.7 Å². The molecule has 194 valence electrons. The molecule has 0 saturated heterocycles. The number of nitrogens with zero attached hydrogens (tertiary/aromatic N) is 1. The van der Waals surface area contributed by atoms with Gasteiger partial charge in [-0.05, 0) is 68.9 Å². The topological polar surface area (TPSA) is 28.1 Å². The van der Waals surface area contributed by atoms with Crippen LogP contribution in [0.25, 0.3) is 10.9 Å². The van der Waals surface area contributed by atoms with Gasteiger partial charge in [-0.1, -0.05) is 81.6 Å². The molecule has 1 unspecified atom stereocenters. The normalized spacial score (nSPS) is 12.9. The van der Waals surface area contributed by atoms with Gasteiger partial charge in [0.1, 0.15) is 11.6 Å². The molecule has 2 nitrogen and oxygen atoms in total. The van der Waals surface area contributed by atoms with Gasteiger partial charge in [-0.25, -0.2) is 8.78 Å². The van der Waals surface area contributed by atoms with Gasteiger partial charge in [0.15, 0.2) is 0 Å². The summed E-state index contributed by atoms with van der Waals surface area (Å²) in [4.78, 5) is 7.41. The van der Waals surface area contributed by atoms with Gasteiger partial charge in [-0.15, -0.1) is 0 Å². The first kappa shape index (κ1) is 29.5. The Labute approximate surface area is 220 Å². The fourth-order valence-corrected chi connectivity index (χ4v) is 4.15. The third kappa shape index (κ3) is 8.16. The maximum atomic E-state index is 13.9. The molecule has 3 aromatic rings. The van der Waals surface area contributed by atoms with Gasteiger partial charge >= 0.3 is 0 Å². The number of benzene rings is 2. The molecule has 3 rings (SSSR count). The molecule has 1 atom stereocenters. The Kier molecular flexibility index (Phi) is 11.6. The van der Waals surface area contributed by atoms with Crippen molar-refractivity contribution < 1.29 is 8.78 Å². The fourth-order valence-electron chi connectivity index (χ4n) is 3.98. The summed E-state index contributed by atoms with van der Waals surface area (Å²) in [7, 11) is 0. The predicted molar refractivity (Wildman–Crippen MR) is 153 cm³/mol. The number of nitrogens with one attached hydrogen (secondary N) is 1. The summed E-state index contributed by atoms with van der Waals surface area (Å²) in [6, 6.07) is 11.9. The molecular weight excluding hydrogens is 474 g/mol. The number of aliphatic imine (C=N–C) groups is 1. The Balaban J connectivity index is 0.000000324. The zero-order chi connectivity index (χ0) is 26.8. The highest BCUT2D eigenvalue weighted by molar-refractivity contribution is 6.31. The smallest absolute Gasteiger partial charge is 0.143 e. The second kappa shape index (κ2) is 14.1. The number of hydrogen-bond donors (Lipinski definition) is 1. The molecule has 0 aliphatic heterocycles. The van der Waals surface area contributed by atoms with E-state index >= 15 is 0 Å².